The van der Waals surface area contributed by atoms with Crippen LogP contribution < -0.4 is 4.90 Å². The first-order valence-electron chi connectivity index (χ1n) is 6.44. The Morgan fingerprint density at radius 3 is 2.85 bits per heavy atom. The van der Waals surface area contributed by atoms with Gasteiger partial charge in [0.2, 0.25) is 0 Å². The van der Waals surface area contributed by atoms with Crippen LogP contribution in [0, 0.1) is 5.13 Å². The van der Waals surface area contributed by atoms with Crippen LogP contribution in [0.3, 0.4) is 0 Å². The van der Waals surface area contributed by atoms with Gasteiger partial charge in [0.05, 0.1) is 0 Å². The fraction of sp³-hybridized carbons (Fsp3) is 0.417. The van der Waals surface area contributed by atoms with Crippen molar-refractivity contribution in [3.05, 3.63) is 17.5 Å². The lowest BCUT2D eigenvalue weighted by Gasteiger charge is -2.33. The zero-order valence-corrected chi connectivity index (χ0v) is 11.8. The van der Waals surface area contributed by atoms with Crippen molar-refractivity contribution >= 4 is 33.1 Å². The van der Waals surface area contributed by atoms with E-state index >= 15 is 0 Å². The molecule has 1 aliphatic heterocycles. The predicted octanol–water partition coefficient (Wildman–Crippen LogP) is 1.23. The van der Waals surface area contributed by atoms with Crippen LogP contribution in [0.25, 0.3) is 16.0 Å². The van der Waals surface area contributed by atoms with Crippen LogP contribution in [-0.4, -0.2) is 57.7 Å². The van der Waals surface area contributed by atoms with Gasteiger partial charge in [-0.1, -0.05) is 11.3 Å². The van der Waals surface area contributed by atoms with E-state index in [2.05, 4.69) is 31.9 Å². The van der Waals surface area contributed by atoms with Gasteiger partial charge < -0.3 is 9.80 Å². The molecule has 0 unspecified atom stereocenters. The molecule has 0 atom stereocenters. The maximum Gasteiger partial charge on any atom is 0.199 e. The van der Waals surface area contributed by atoms with Crippen LogP contribution in [0.4, 0.5) is 10.2 Å². The Labute approximate surface area is 118 Å². The monoisotopic (exact) mass is 292 g/mol. The normalized spacial score (nSPS) is 17.4. The minimum Gasteiger partial charge on any atom is -0.351 e. The van der Waals surface area contributed by atoms with Gasteiger partial charge in [-0.05, 0) is 7.05 Å². The minimum absolute atomic E-state index is 0.250. The summed E-state index contributed by atoms with van der Waals surface area (Å²) >= 11 is 1.05. The molecule has 0 N–H and O–H groups in total. The van der Waals surface area contributed by atoms with Gasteiger partial charge in [0, 0.05) is 32.2 Å². The average molecular weight is 292 g/mol. The molecule has 0 bridgehead atoms. The first kappa shape index (κ1) is 12.0. The molecule has 3 aromatic rings. The van der Waals surface area contributed by atoms with E-state index in [1.54, 1.807) is 4.52 Å². The van der Waals surface area contributed by atoms with Crippen LogP contribution in [0.15, 0.2) is 12.4 Å². The summed E-state index contributed by atoms with van der Waals surface area (Å²) in [5.41, 5.74) is 1.37. The Kier molecular flexibility index (Phi) is 2.61. The largest absolute Gasteiger partial charge is 0.351 e. The van der Waals surface area contributed by atoms with Crippen molar-refractivity contribution in [3.63, 3.8) is 0 Å². The molecule has 1 saturated heterocycles. The number of hydrogen-bond donors (Lipinski definition) is 0. The van der Waals surface area contributed by atoms with Crippen molar-refractivity contribution in [2.24, 2.45) is 0 Å². The van der Waals surface area contributed by atoms with Gasteiger partial charge in [-0.15, -0.1) is 0 Å². The number of rotatable bonds is 1. The second-order valence-corrected chi connectivity index (χ2v) is 5.94. The summed E-state index contributed by atoms with van der Waals surface area (Å²) in [6.45, 7) is 3.76. The van der Waals surface area contributed by atoms with Gasteiger partial charge >= 0.3 is 0 Å². The van der Waals surface area contributed by atoms with Crippen molar-refractivity contribution in [1.29, 1.82) is 0 Å². The number of nitrogens with zero attached hydrogens (tertiary/aromatic N) is 6. The molecule has 1 aliphatic rings. The van der Waals surface area contributed by atoms with Gasteiger partial charge in [-0.2, -0.15) is 9.49 Å². The zero-order valence-electron chi connectivity index (χ0n) is 11.0. The van der Waals surface area contributed by atoms with Gasteiger partial charge in [0.1, 0.15) is 16.7 Å². The molecule has 4 heterocycles. The van der Waals surface area contributed by atoms with Crippen LogP contribution in [-0.2, 0) is 0 Å². The number of halogens is 1. The highest BCUT2D eigenvalue weighted by molar-refractivity contribution is 7.17. The molecule has 0 aliphatic carbocycles. The van der Waals surface area contributed by atoms with Crippen LogP contribution in [0.1, 0.15) is 0 Å². The van der Waals surface area contributed by atoms with Gasteiger partial charge in [0.15, 0.2) is 16.6 Å². The van der Waals surface area contributed by atoms with Crippen molar-refractivity contribution in [3.8, 4) is 0 Å². The van der Waals surface area contributed by atoms with Crippen molar-refractivity contribution in [2.45, 2.75) is 0 Å². The third-order valence-corrected chi connectivity index (χ3v) is 4.46. The van der Waals surface area contributed by atoms with Crippen LogP contribution in [0.2, 0.25) is 0 Å². The number of hydrogen-bond acceptors (Lipinski definition) is 6. The third kappa shape index (κ3) is 1.75. The number of piperazine rings is 1. The Morgan fingerprint density at radius 1 is 1.25 bits per heavy atom. The summed E-state index contributed by atoms with van der Waals surface area (Å²) in [6, 6.07) is 1.46. The summed E-state index contributed by atoms with van der Waals surface area (Å²) in [5.74, 6) is 0.796. The molecule has 0 radical (unpaired) electrons. The van der Waals surface area contributed by atoms with Gasteiger partial charge in [0.25, 0.3) is 0 Å². The Bertz CT molecular complexity index is 773. The summed E-state index contributed by atoms with van der Waals surface area (Å²) in [5, 5.41) is 3.95. The lowest BCUT2D eigenvalue weighted by Crippen LogP contribution is -2.45. The van der Waals surface area contributed by atoms with E-state index in [0.717, 1.165) is 43.3 Å². The average Bonchev–Trinajstić information content (AvgIpc) is 3.03. The zero-order chi connectivity index (χ0) is 13.7. The minimum atomic E-state index is -0.250. The van der Waals surface area contributed by atoms with Crippen molar-refractivity contribution in [2.75, 3.05) is 38.1 Å². The van der Waals surface area contributed by atoms with E-state index in [0.29, 0.717) is 16.0 Å². The lowest BCUT2D eigenvalue weighted by atomic mass is 10.3. The van der Waals surface area contributed by atoms with E-state index in [9.17, 15) is 4.39 Å². The molecule has 1 fully saturated rings. The van der Waals surface area contributed by atoms with Gasteiger partial charge in [-0.25, -0.2) is 14.5 Å². The standard InChI is InChI=1S/C12H13FN6S/c1-17-2-4-18(5-3-17)11-10-14-7-15-19(10)8-6-9(13)20-12(8)16-11/h6-7H,2-5H2,1H3. The highest BCUT2D eigenvalue weighted by atomic mass is 32.1. The Hall–Kier alpha value is -1.80. The Balaban J connectivity index is 1.90. The molecule has 104 valence electrons. The number of aromatic nitrogens is 4. The second-order valence-electron chi connectivity index (χ2n) is 4.96. The van der Waals surface area contributed by atoms with E-state index in [1.165, 1.54) is 12.4 Å². The molecule has 20 heavy (non-hydrogen) atoms. The molecular formula is C12H13FN6S. The molecule has 8 heteroatoms. The smallest absolute Gasteiger partial charge is 0.199 e. The molecule has 6 nitrogen and oxygen atoms in total. The highest BCUT2D eigenvalue weighted by Gasteiger charge is 2.21. The molecular weight excluding hydrogens is 279 g/mol. The van der Waals surface area contributed by atoms with Crippen LogP contribution >= 0.6 is 11.3 Å². The first-order chi connectivity index (χ1) is 9.72. The maximum atomic E-state index is 13.5. The second kappa shape index (κ2) is 4.35. The molecule has 3 aromatic heterocycles. The predicted molar refractivity (Wildman–Crippen MR) is 75.8 cm³/mol. The molecule has 0 aromatic carbocycles. The quantitative estimate of drug-likeness (QED) is 0.675. The molecule has 0 spiro atoms. The molecule has 0 amide bonds. The summed E-state index contributed by atoms with van der Waals surface area (Å²) in [6.07, 6.45) is 1.49. The molecule has 0 saturated carbocycles. The SMILES string of the molecule is CN1CCN(c2nc3sc(F)cc3n3ncnc23)CC1. The summed E-state index contributed by atoms with van der Waals surface area (Å²) in [4.78, 5) is 14.0. The lowest BCUT2D eigenvalue weighted by molar-refractivity contribution is 0.312. The first-order valence-corrected chi connectivity index (χ1v) is 7.26. The third-order valence-electron chi connectivity index (χ3n) is 3.65. The number of thiophene rings is 1. The van der Waals surface area contributed by atoms with E-state index in [-0.39, 0.29) is 5.13 Å². The fourth-order valence-electron chi connectivity index (χ4n) is 2.52. The maximum absolute atomic E-state index is 13.5. The van der Waals surface area contributed by atoms with Gasteiger partial charge in [-0.3, -0.25) is 0 Å². The summed E-state index contributed by atoms with van der Waals surface area (Å²) < 4.78 is 15.2. The molecule has 4 rings (SSSR count). The van der Waals surface area contributed by atoms with Crippen molar-refractivity contribution in [1.82, 2.24) is 24.5 Å². The number of fused-ring (bicyclic) bond motifs is 3. The van der Waals surface area contributed by atoms with E-state index < -0.39 is 0 Å². The van der Waals surface area contributed by atoms with Crippen molar-refractivity contribution < 1.29 is 4.39 Å². The topological polar surface area (TPSA) is 49.6 Å². The van der Waals surface area contributed by atoms with E-state index in [4.69, 9.17) is 0 Å². The Morgan fingerprint density at radius 2 is 2.05 bits per heavy atom. The highest BCUT2D eigenvalue weighted by Crippen LogP contribution is 2.28. The number of anilines is 1. The van der Waals surface area contributed by atoms with E-state index in [1.807, 2.05) is 0 Å². The summed E-state index contributed by atoms with van der Waals surface area (Å²) in [7, 11) is 2.11. The number of likely N-dealkylation sites (N-methyl/N-ethyl adjacent to an activating group) is 1. The fourth-order valence-corrected chi connectivity index (χ4v) is 3.26. The van der Waals surface area contributed by atoms with Crippen LogP contribution in [0.5, 0.6) is 0 Å².